The number of methoxy groups -OCH3 is 2. The Bertz CT molecular complexity index is 1720. The molecular formula is C46H73N5O13. The summed E-state index contributed by atoms with van der Waals surface area (Å²) >= 11 is 0. The minimum atomic E-state index is -1.28. The van der Waals surface area contributed by atoms with Gasteiger partial charge in [-0.1, -0.05) is 49.8 Å². The molecule has 4 aliphatic rings. The van der Waals surface area contributed by atoms with Crippen molar-refractivity contribution in [3.05, 3.63) is 53.9 Å². The van der Waals surface area contributed by atoms with E-state index in [1.165, 1.54) is 14.2 Å². The molecule has 0 radical (unpaired) electrons. The van der Waals surface area contributed by atoms with E-state index in [-0.39, 0.29) is 24.9 Å². The first-order valence-corrected chi connectivity index (χ1v) is 22.7. The zero-order chi connectivity index (χ0) is 46.8. The quantitative estimate of drug-likeness (QED) is 0.209. The van der Waals surface area contributed by atoms with E-state index in [1.807, 2.05) is 50.1 Å². The summed E-state index contributed by atoms with van der Waals surface area (Å²) in [5.74, 6) is -2.98. The smallest absolute Gasteiger partial charge is 0.308 e. The molecule has 0 spiro atoms. The number of aromatic nitrogens is 1. The molecule has 1 unspecified atom stereocenters. The maximum atomic E-state index is 14.0. The van der Waals surface area contributed by atoms with Crippen LogP contribution in [0, 0.1) is 23.7 Å². The predicted octanol–water partition coefficient (Wildman–Crippen LogP) is 3.18. The van der Waals surface area contributed by atoms with E-state index in [0.29, 0.717) is 32.4 Å². The van der Waals surface area contributed by atoms with Gasteiger partial charge in [0.2, 0.25) is 0 Å². The Morgan fingerprint density at radius 2 is 1.61 bits per heavy atom. The molecule has 4 N–H and O–H groups in total. The first-order chi connectivity index (χ1) is 30.5. The predicted molar refractivity (Wildman–Crippen MR) is 233 cm³/mol. The Balaban J connectivity index is 1.45. The molecule has 0 aliphatic carbocycles. The van der Waals surface area contributed by atoms with E-state index in [0.717, 1.165) is 11.3 Å². The molecule has 2 fully saturated rings. The zero-order valence-electron chi connectivity index (χ0n) is 39.1. The lowest BCUT2D eigenvalue weighted by molar-refractivity contribution is -0.304. The van der Waals surface area contributed by atoms with Gasteiger partial charge in [-0.3, -0.25) is 19.6 Å². The van der Waals surface area contributed by atoms with Crippen molar-refractivity contribution in [2.45, 2.75) is 153 Å². The Morgan fingerprint density at radius 1 is 0.906 bits per heavy atom. The van der Waals surface area contributed by atoms with E-state index in [1.54, 1.807) is 58.1 Å². The lowest BCUT2D eigenvalue weighted by Crippen LogP contribution is -2.63. The second-order valence-electron chi connectivity index (χ2n) is 18.1. The van der Waals surface area contributed by atoms with Crippen LogP contribution in [0.3, 0.4) is 0 Å². The van der Waals surface area contributed by atoms with E-state index in [4.69, 9.17) is 33.2 Å². The van der Waals surface area contributed by atoms with Gasteiger partial charge in [-0.25, -0.2) is 0 Å². The highest BCUT2D eigenvalue weighted by Crippen LogP contribution is 2.36. The number of cyclic esters (lactones) is 1. The summed E-state index contributed by atoms with van der Waals surface area (Å²) < 4.78 is 42.5. The van der Waals surface area contributed by atoms with Crippen molar-refractivity contribution in [1.29, 1.82) is 0 Å². The molecule has 18 atom stereocenters. The Morgan fingerprint density at radius 3 is 2.27 bits per heavy atom. The van der Waals surface area contributed by atoms with Crippen molar-refractivity contribution in [2.75, 3.05) is 48.0 Å². The van der Waals surface area contributed by atoms with Gasteiger partial charge in [0.25, 0.3) is 0 Å². The third kappa shape index (κ3) is 13.0. The fraction of sp³-hybridized carbons (Fsp3) is 0.761. The molecule has 0 amide bonds. The van der Waals surface area contributed by atoms with Gasteiger partial charge in [0.1, 0.15) is 36.6 Å². The number of nitrogens with zero attached hydrogens (tertiary/aromatic N) is 5. The number of pyridine rings is 1. The molecule has 4 aliphatic heterocycles. The number of allylic oxidation sites excluding steroid dienone is 3. The van der Waals surface area contributed by atoms with Gasteiger partial charge in [0.15, 0.2) is 18.4 Å². The van der Waals surface area contributed by atoms with E-state index in [2.05, 4.69) is 15.3 Å². The molecule has 2 saturated heterocycles. The number of rotatable bonds is 13. The van der Waals surface area contributed by atoms with Crippen LogP contribution in [-0.2, 0) is 42.7 Å². The van der Waals surface area contributed by atoms with E-state index < -0.39 is 109 Å². The average Bonchev–Trinajstić information content (AvgIpc) is 3.75. The van der Waals surface area contributed by atoms with Crippen LogP contribution >= 0.6 is 0 Å². The van der Waals surface area contributed by atoms with E-state index >= 15 is 0 Å². The van der Waals surface area contributed by atoms with Gasteiger partial charge in [0, 0.05) is 44.7 Å². The topological polar surface area (TPSA) is 224 Å². The number of esters is 1. The number of aliphatic hydroxyl groups excluding tert-OH is 4. The molecule has 64 heavy (non-hydrogen) atoms. The second kappa shape index (κ2) is 24.0. The van der Waals surface area contributed by atoms with Crippen LogP contribution in [0.4, 0.5) is 0 Å². The minimum absolute atomic E-state index is 0.0195. The lowest BCUT2D eigenvalue weighted by atomic mass is 9.79. The Labute approximate surface area is 377 Å². The molecule has 1 aromatic heterocycles. The molecular weight excluding hydrogens is 831 g/mol. The highest BCUT2D eigenvalue weighted by Gasteiger charge is 2.48. The number of ether oxygens (including phenoxy) is 7. The Hall–Kier alpha value is -3.27. The summed E-state index contributed by atoms with van der Waals surface area (Å²) in [6, 6.07) is 4.68. The molecule has 0 bridgehead atoms. The second-order valence-corrected chi connectivity index (χ2v) is 18.1. The van der Waals surface area contributed by atoms with Crippen LogP contribution in [0.5, 0.6) is 0 Å². The monoisotopic (exact) mass is 904 g/mol. The molecule has 18 heteroatoms. The first kappa shape index (κ1) is 51.7. The summed E-state index contributed by atoms with van der Waals surface area (Å²) in [5, 5.41) is 56.0. The van der Waals surface area contributed by atoms with Crippen molar-refractivity contribution < 1.29 is 63.2 Å². The van der Waals surface area contributed by atoms with Gasteiger partial charge in [-0.2, -0.15) is 5.11 Å². The molecule has 0 aromatic carbocycles. The first-order valence-electron chi connectivity index (χ1n) is 22.7. The van der Waals surface area contributed by atoms with Gasteiger partial charge in [-0.15, -0.1) is 0 Å². The molecule has 5 heterocycles. The van der Waals surface area contributed by atoms with Gasteiger partial charge < -0.3 is 58.5 Å². The average molecular weight is 904 g/mol. The minimum Gasteiger partial charge on any atom is -0.462 e. The third-order valence-electron chi connectivity index (χ3n) is 13.2. The van der Waals surface area contributed by atoms with Crippen LogP contribution in [0.1, 0.15) is 79.0 Å². The SMILES string of the molecule is CC[C@H]1OC(=O)C[C@@H](O)[C@H](C)[C@@H](O[C@@H]2O[C@H](C)[C@@H](O)[C@H](N(C)C)[C@H]2O)[C@@H](CCN2CC(c3ccccn3)N=N2)C[C@@H](C)C(=O)/C=C/C(C)=C/[C@@H]1CO[C@@H]1O[C@H](C)[C@@H](O)[C@@H](OC)[C@H]1OC. The van der Waals surface area contributed by atoms with Crippen molar-refractivity contribution in [1.82, 2.24) is 14.9 Å². The highest BCUT2D eigenvalue weighted by molar-refractivity contribution is 5.91. The van der Waals surface area contributed by atoms with Crippen LogP contribution in [0.25, 0.3) is 0 Å². The van der Waals surface area contributed by atoms with Gasteiger partial charge in [0.05, 0.1) is 61.8 Å². The van der Waals surface area contributed by atoms with Crippen molar-refractivity contribution in [2.24, 2.45) is 34.0 Å². The summed E-state index contributed by atoms with van der Waals surface area (Å²) in [6.07, 6.45) is -3.38. The van der Waals surface area contributed by atoms with Gasteiger partial charge >= 0.3 is 5.97 Å². The fourth-order valence-corrected chi connectivity index (χ4v) is 9.27. The number of ketones is 1. The number of hydrogen-bond acceptors (Lipinski definition) is 18. The summed E-state index contributed by atoms with van der Waals surface area (Å²) in [4.78, 5) is 34.1. The molecule has 18 nitrogen and oxygen atoms in total. The summed E-state index contributed by atoms with van der Waals surface area (Å²) in [5.41, 5.74) is 1.53. The van der Waals surface area contributed by atoms with Crippen molar-refractivity contribution >= 4 is 11.8 Å². The van der Waals surface area contributed by atoms with Crippen LogP contribution in [0.15, 0.2) is 58.5 Å². The van der Waals surface area contributed by atoms with Crippen LogP contribution in [-0.4, -0.2) is 175 Å². The molecule has 0 saturated carbocycles. The highest BCUT2D eigenvalue weighted by atomic mass is 16.7. The van der Waals surface area contributed by atoms with Crippen molar-refractivity contribution in [3.63, 3.8) is 0 Å². The maximum absolute atomic E-state index is 14.0. The number of carbonyl (C=O) groups excluding carboxylic acids is 2. The molecule has 5 rings (SSSR count). The van der Waals surface area contributed by atoms with Gasteiger partial charge in [-0.05, 0) is 78.3 Å². The van der Waals surface area contributed by atoms with Crippen LogP contribution < -0.4 is 0 Å². The fourth-order valence-electron chi connectivity index (χ4n) is 9.27. The van der Waals surface area contributed by atoms with Crippen LogP contribution in [0.2, 0.25) is 0 Å². The number of carbonyl (C=O) groups is 2. The standard InChI is InChI=1S/C46H73N5O13/c1-11-36-31(24-60-46-44(59-10)43(58-9)40(56)29(6)62-46)20-25(2)15-16-34(52)26(3)21-30(17-19-51-23-33(48-49-51)32-14-12-13-18-47-32)42(27(4)35(53)22-37(54)63-36)64-45-41(57)38(50(7)8)39(55)28(5)61-45/h12-16,18,20,26-31,33,35-36,38-46,53,55-57H,11,17,19,21-24H2,1-10H3/b16-15+,25-20+/t26-,27+,28-,29-,30+,31-,33?,35-,36-,38+,39-,40-,41-,42-,43-,44-,45+,46-/m1/s1. The van der Waals surface area contributed by atoms with Crippen molar-refractivity contribution in [3.8, 4) is 0 Å². The Kier molecular flexibility index (Phi) is 19.4. The number of likely N-dealkylation sites (N-methyl/N-ethyl adjacent to an activating group) is 1. The normalized spacial score (nSPS) is 40.9. The zero-order valence-corrected chi connectivity index (χ0v) is 39.1. The number of hydrogen-bond donors (Lipinski definition) is 4. The summed E-state index contributed by atoms with van der Waals surface area (Å²) in [6.45, 7) is 11.7. The number of aliphatic hydroxyl groups is 4. The third-order valence-corrected chi connectivity index (χ3v) is 13.2. The largest absolute Gasteiger partial charge is 0.462 e. The lowest BCUT2D eigenvalue weighted by Gasteiger charge is -2.46. The molecule has 360 valence electrons. The molecule has 1 aromatic rings. The summed E-state index contributed by atoms with van der Waals surface area (Å²) in [7, 11) is 6.46. The van der Waals surface area contributed by atoms with E-state index in [9.17, 15) is 30.0 Å². The maximum Gasteiger partial charge on any atom is 0.308 e.